The van der Waals surface area contributed by atoms with E-state index in [-0.39, 0.29) is 29.3 Å². The highest BCUT2D eigenvalue weighted by Gasteiger charge is 2.43. The minimum atomic E-state index is -0.905. The number of hydrogen-bond donors (Lipinski definition) is 1. The zero-order valence-electron chi connectivity index (χ0n) is 17.5. The Hall–Kier alpha value is -2.94. The summed E-state index contributed by atoms with van der Waals surface area (Å²) in [6.45, 7) is 4.33. The number of nitrogens with one attached hydrogen (secondary N) is 1. The Bertz CT molecular complexity index is 1100. The SMILES string of the molecule is CC(=O)C1(C)CCn2nc3c(c2C(=O)N1C)CN(C(=O)Nc1ccc(F)c(Cl)c1)CC3. The summed E-state index contributed by atoms with van der Waals surface area (Å²) in [5, 5.41) is 7.23. The van der Waals surface area contributed by atoms with E-state index in [1.54, 1.807) is 23.6 Å². The average molecular weight is 448 g/mol. The fourth-order valence-electron chi connectivity index (χ4n) is 4.06. The van der Waals surface area contributed by atoms with E-state index in [1.165, 1.54) is 30.0 Å². The topological polar surface area (TPSA) is 87.5 Å². The molecule has 2 aromatic rings. The molecule has 0 bridgehead atoms. The lowest BCUT2D eigenvalue weighted by Crippen LogP contribution is -2.51. The number of amides is 3. The number of carbonyl (C=O) groups excluding carboxylic acids is 3. The van der Waals surface area contributed by atoms with Crippen LogP contribution in [0.2, 0.25) is 5.02 Å². The van der Waals surface area contributed by atoms with Crippen LogP contribution in [-0.4, -0.2) is 56.4 Å². The van der Waals surface area contributed by atoms with Gasteiger partial charge in [-0.1, -0.05) is 11.6 Å². The van der Waals surface area contributed by atoms with E-state index in [4.69, 9.17) is 11.6 Å². The van der Waals surface area contributed by atoms with E-state index in [9.17, 15) is 18.8 Å². The largest absolute Gasteiger partial charge is 0.328 e. The number of rotatable bonds is 2. The predicted molar refractivity (Wildman–Crippen MR) is 113 cm³/mol. The Labute approximate surface area is 183 Å². The normalized spacial score (nSPS) is 20.7. The minimum absolute atomic E-state index is 0.0807. The van der Waals surface area contributed by atoms with E-state index in [1.807, 2.05) is 0 Å². The van der Waals surface area contributed by atoms with Gasteiger partial charge in [-0.15, -0.1) is 0 Å². The first-order chi connectivity index (χ1) is 14.6. The molecule has 1 unspecified atom stereocenters. The van der Waals surface area contributed by atoms with Crippen LogP contribution in [0.4, 0.5) is 14.9 Å². The molecular weight excluding hydrogens is 425 g/mol. The summed E-state index contributed by atoms with van der Waals surface area (Å²) in [7, 11) is 1.63. The lowest BCUT2D eigenvalue weighted by atomic mass is 9.91. The molecule has 3 heterocycles. The molecule has 3 amide bonds. The van der Waals surface area contributed by atoms with Crippen LogP contribution in [0.15, 0.2) is 18.2 Å². The number of hydrogen-bond acceptors (Lipinski definition) is 4. The van der Waals surface area contributed by atoms with Crippen molar-refractivity contribution in [3.05, 3.63) is 46.0 Å². The number of aromatic nitrogens is 2. The molecule has 10 heteroatoms. The molecule has 0 radical (unpaired) electrons. The van der Waals surface area contributed by atoms with Gasteiger partial charge in [0.05, 0.1) is 22.8 Å². The van der Waals surface area contributed by atoms with Gasteiger partial charge in [-0.3, -0.25) is 14.3 Å². The van der Waals surface area contributed by atoms with Crippen molar-refractivity contribution in [1.82, 2.24) is 19.6 Å². The zero-order chi connectivity index (χ0) is 22.5. The molecule has 1 N–H and O–H groups in total. The van der Waals surface area contributed by atoms with Gasteiger partial charge in [-0.25, -0.2) is 9.18 Å². The summed E-state index contributed by atoms with van der Waals surface area (Å²) in [5.74, 6) is -0.927. The number of benzene rings is 1. The summed E-state index contributed by atoms with van der Waals surface area (Å²) in [5.41, 5.74) is 1.38. The van der Waals surface area contributed by atoms with Crippen LogP contribution in [0.25, 0.3) is 0 Å². The molecule has 164 valence electrons. The van der Waals surface area contributed by atoms with Gasteiger partial charge in [0.2, 0.25) is 0 Å². The fourth-order valence-corrected chi connectivity index (χ4v) is 4.24. The van der Waals surface area contributed by atoms with Gasteiger partial charge in [-0.05, 0) is 38.5 Å². The molecule has 0 saturated heterocycles. The number of Topliss-reactive ketones (excluding diaryl/α,β-unsaturated/α-hetero) is 1. The van der Waals surface area contributed by atoms with Crippen LogP contribution in [0.3, 0.4) is 0 Å². The summed E-state index contributed by atoms with van der Waals surface area (Å²) >= 11 is 5.79. The Morgan fingerprint density at radius 1 is 1.29 bits per heavy atom. The molecule has 4 rings (SSSR count). The second kappa shape index (κ2) is 7.64. The van der Waals surface area contributed by atoms with Crippen molar-refractivity contribution in [2.45, 2.75) is 45.3 Å². The van der Waals surface area contributed by atoms with Gasteiger partial charge in [0.1, 0.15) is 11.5 Å². The molecular formula is C21H23ClFN5O3. The molecule has 0 aliphatic carbocycles. The van der Waals surface area contributed by atoms with Gasteiger partial charge >= 0.3 is 6.03 Å². The van der Waals surface area contributed by atoms with Crippen molar-refractivity contribution < 1.29 is 18.8 Å². The van der Waals surface area contributed by atoms with E-state index >= 15 is 0 Å². The van der Waals surface area contributed by atoms with Gasteiger partial charge < -0.3 is 15.1 Å². The Kier molecular flexibility index (Phi) is 5.25. The third-order valence-corrected chi connectivity index (χ3v) is 6.67. The standard InChI is InChI=1S/C21H23ClFN5O3/c1-12(29)21(2)7-9-28-18(19(30)26(21)3)14-11-27(8-6-17(14)25-28)20(31)24-13-4-5-16(23)15(22)10-13/h4-5,10H,6-9,11H2,1-3H3,(H,24,31). The summed E-state index contributed by atoms with van der Waals surface area (Å²) in [6, 6.07) is 3.58. The number of nitrogens with zero attached hydrogens (tertiary/aromatic N) is 4. The van der Waals surface area contributed by atoms with E-state index in [0.717, 1.165) is 5.69 Å². The fraction of sp³-hybridized carbons (Fsp3) is 0.429. The third-order valence-electron chi connectivity index (χ3n) is 6.38. The first kappa shape index (κ1) is 21.3. The van der Waals surface area contributed by atoms with Gasteiger partial charge in [0.25, 0.3) is 5.91 Å². The Morgan fingerprint density at radius 3 is 2.71 bits per heavy atom. The molecule has 0 spiro atoms. The molecule has 8 nitrogen and oxygen atoms in total. The number of ketones is 1. The lowest BCUT2D eigenvalue weighted by Gasteiger charge is -2.35. The van der Waals surface area contributed by atoms with Crippen LogP contribution in [0.5, 0.6) is 0 Å². The number of aryl methyl sites for hydroxylation is 1. The van der Waals surface area contributed by atoms with Crippen molar-refractivity contribution in [3.63, 3.8) is 0 Å². The lowest BCUT2D eigenvalue weighted by molar-refractivity contribution is -0.126. The van der Waals surface area contributed by atoms with Crippen LogP contribution in [0, 0.1) is 5.82 Å². The summed E-state index contributed by atoms with van der Waals surface area (Å²) < 4.78 is 15.0. The smallest absolute Gasteiger partial charge is 0.322 e. The van der Waals surface area contributed by atoms with Crippen LogP contribution < -0.4 is 5.32 Å². The van der Waals surface area contributed by atoms with E-state index < -0.39 is 11.4 Å². The van der Waals surface area contributed by atoms with Crippen molar-refractivity contribution in [1.29, 1.82) is 0 Å². The maximum Gasteiger partial charge on any atom is 0.322 e. The minimum Gasteiger partial charge on any atom is -0.328 e. The summed E-state index contributed by atoms with van der Waals surface area (Å²) in [6.07, 6.45) is 0.974. The van der Waals surface area contributed by atoms with Crippen LogP contribution in [-0.2, 0) is 24.3 Å². The monoisotopic (exact) mass is 447 g/mol. The van der Waals surface area contributed by atoms with Gasteiger partial charge in [0.15, 0.2) is 5.78 Å². The van der Waals surface area contributed by atoms with Crippen molar-refractivity contribution in [2.24, 2.45) is 0 Å². The van der Waals surface area contributed by atoms with Gasteiger partial charge in [0, 0.05) is 37.8 Å². The van der Waals surface area contributed by atoms with Crippen molar-refractivity contribution in [3.8, 4) is 0 Å². The molecule has 2 aliphatic rings. The number of halogens is 2. The number of likely N-dealkylation sites (N-methyl/N-ethyl adjacent to an activating group) is 1. The molecule has 0 saturated carbocycles. The molecule has 1 aromatic carbocycles. The van der Waals surface area contributed by atoms with Crippen LogP contribution in [0.1, 0.15) is 42.0 Å². The Balaban J connectivity index is 1.59. The highest BCUT2D eigenvalue weighted by atomic mass is 35.5. The molecule has 31 heavy (non-hydrogen) atoms. The second-order valence-corrected chi connectivity index (χ2v) is 8.58. The first-order valence-electron chi connectivity index (χ1n) is 10.0. The Morgan fingerprint density at radius 2 is 2.03 bits per heavy atom. The second-order valence-electron chi connectivity index (χ2n) is 8.17. The summed E-state index contributed by atoms with van der Waals surface area (Å²) in [4.78, 5) is 41.3. The van der Waals surface area contributed by atoms with Crippen LogP contribution >= 0.6 is 11.6 Å². The predicted octanol–water partition coefficient (Wildman–Crippen LogP) is 3.09. The highest BCUT2D eigenvalue weighted by Crippen LogP contribution is 2.31. The van der Waals surface area contributed by atoms with Gasteiger partial charge in [-0.2, -0.15) is 5.10 Å². The molecule has 0 fully saturated rings. The number of urea groups is 1. The average Bonchev–Trinajstić information content (AvgIpc) is 3.06. The number of anilines is 1. The highest BCUT2D eigenvalue weighted by molar-refractivity contribution is 6.31. The number of fused-ring (bicyclic) bond motifs is 3. The van der Waals surface area contributed by atoms with Crippen molar-refractivity contribution >= 4 is 35.0 Å². The quantitative estimate of drug-likeness (QED) is 0.766. The molecule has 2 aliphatic heterocycles. The maximum atomic E-state index is 13.4. The van der Waals surface area contributed by atoms with E-state index in [0.29, 0.717) is 42.9 Å². The maximum absolute atomic E-state index is 13.4. The first-order valence-corrected chi connectivity index (χ1v) is 10.4. The number of carbonyl (C=O) groups is 3. The molecule has 1 atom stereocenters. The van der Waals surface area contributed by atoms with Crippen molar-refractivity contribution in [2.75, 3.05) is 18.9 Å². The third kappa shape index (κ3) is 3.56. The van der Waals surface area contributed by atoms with E-state index in [2.05, 4.69) is 10.4 Å². The zero-order valence-corrected chi connectivity index (χ0v) is 18.3. The molecule has 1 aromatic heterocycles.